The molecule has 0 fully saturated rings. The van der Waals surface area contributed by atoms with Crippen molar-refractivity contribution in [1.29, 1.82) is 0 Å². The molecular formula is C16H15IN2O4. The number of nitrogens with one attached hydrogen (secondary N) is 1. The Balaban J connectivity index is 2.44. The number of rotatable bonds is 5. The number of ether oxygens (including phenoxy) is 2. The number of benzene rings is 2. The van der Waals surface area contributed by atoms with Gasteiger partial charge in [-0.2, -0.15) is 0 Å². The first kappa shape index (κ1) is 17.1. The summed E-state index contributed by atoms with van der Waals surface area (Å²) in [4.78, 5) is 24.1. The van der Waals surface area contributed by atoms with E-state index in [1.165, 1.54) is 26.4 Å². The predicted molar refractivity (Wildman–Crippen MR) is 95.2 cm³/mol. The van der Waals surface area contributed by atoms with Crippen molar-refractivity contribution in [3.05, 3.63) is 51.1 Å². The van der Waals surface area contributed by atoms with E-state index in [-0.39, 0.29) is 17.2 Å². The zero-order valence-electron chi connectivity index (χ0n) is 12.6. The Bertz CT molecular complexity index is 762. The minimum atomic E-state index is -0.677. The van der Waals surface area contributed by atoms with Gasteiger partial charge in [-0.25, -0.2) is 0 Å². The van der Waals surface area contributed by atoms with Crippen LogP contribution >= 0.6 is 22.6 Å². The maximum absolute atomic E-state index is 12.4. The van der Waals surface area contributed by atoms with E-state index in [0.717, 1.165) is 3.57 Å². The van der Waals surface area contributed by atoms with Crippen LogP contribution in [-0.4, -0.2) is 26.0 Å². The topological polar surface area (TPSA) is 90.6 Å². The minimum Gasteiger partial charge on any atom is -0.493 e. The number of anilines is 1. The van der Waals surface area contributed by atoms with Crippen LogP contribution in [0.1, 0.15) is 20.7 Å². The molecule has 2 amide bonds. The maximum Gasteiger partial charge on any atom is 0.256 e. The summed E-state index contributed by atoms with van der Waals surface area (Å²) in [6, 6.07) is 10.1. The lowest BCUT2D eigenvalue weighted by atomic mass is 10.1. The molecule has 2 aromatic carbocycles. The van der Waals surface area contributed by atoms with Crippen molar-refractivity contribution in [1.82, 2.24) is 0 Å². The Morgan fingerprint density at radius 2 is 1.65 bits per heavy atom. The molecule has 3 N–H and O–H groups in total. The van der Waals surface area contributed by atoms with Crippen molar-refractivity contribution in [2.24, 2.45) is 5.73 Å². The fraction of sp³-hybridized carbons (Fsp3) is 0.125. The quantitative estimate of drug-likeness (QED) is 0.720. The van der Waals surface area contributed by atoms with Crippen LogP contribution in [-0.2, 0) is 0 Å². The summed E-state index contributed by atoms with van der Waals surface area (Å²) in [5.74, 6) is -0.280. The van der Waals surface area contributed by atoms with Crippen molar-refractivity contribution < 1.29 is 19.1 Å². The van der Waals surface area contributed by atoms with Crippen molar-refractivity contribution in [2.45, 2.75) is 0 Å². The smallest absolute Gasteiger partial charge is 0.256 e. The monoisotopic (exact) mass is 426 g/mol. The first-order valence-electron chi connectivity index (χ1n) is 6.59. The van der Waals surface area contributed by atoms with Gasteiger partial charge in [0.05, 0.1) is 31.0 Å². The minimum absolute atomic E-state index is 0.141. The molecule has 2 aromatic rings. The fourth-order valence-electron chi connectivity index (χ4n) is 2.02. The molecule has 0 saturated carbocycles. The second-order valence-electron chi connectivity index (χ2n) is 4.55. The highest BCUT2D eigenvalue weighted by atomic mass is 127. The van der Waals surface area contributed by atoms with Crippen molar-refractivity contribution >= 4 is 40.1 Å². The number of methoxy groups -OCH3 is 2. The Morgan fingerprint density at radius 1 is 1.04 bits per heavy atom. The molecular weight excluding hydrogens is 411 g/mol. The highest BCUT2D eigenvalue weighted by molar-refractivity contribution is 14.1. The molecule has 0 bridgehead atoms. The van der Waals surface area contributed by atoms with Crippen LogP contribution in [0.3, 0.4) is 0 Å². The summed E-state index contributed by atoms with van der Waals surface area (Å²) in [5.41, 5.74) is 6.29. The Kier molecular flexibility index (Phi) is 5.43. The molecule has 0 atom stereocenters. The van der Waals surface area contributed by atoms with Crippen molar-refractivity contribution in [3.8, 4) is 11.5 Å². The molecule has 0 aliphatic carbocycles. The Morgan fingerprint density at radius 3 is 2.22 bits per heavy atom. The van der Waals surface area contributed by atoms with Gasteiger partial charge in [0.15, 0.2) is 11.5 Å². The summed E-state index contributed by atoms with van der Waals surface area (Å²) >= 11 is 2.07. The summed E-state index contributed by atoms with van der Waals surface area (Å²) in [7, 11) is 2.92. The number of carbonyl (C=O) groups is 2. The van der Waals surface area contributed by atoms with Gasteiger partial charge in [-0.1, -0.05) is 12.1 Å². The van der Waals surface area contributed by atoms with Gasteiger partial charge in [-0.15, -0.1) is 0 Å². The molecule has 0 aliphatic heterocycles. The average Bonchev–Trinajstić information content (AvgIpc) is 2.54. The Hall–Kier alpha value is -2.29. The van der Waals surface area contributed by atoms with Crippen LogP contribution in [0.5, 0.6) is 11.5 Å². The first-order valence-corrected chi connectivity index (χ1v) is 7.67. The van der Waals surface area contributed by atoms with E-state index in [0.29, 0.717) is 17.1 Å². The van der Waals surface area contributed by atoms with E-state index in [9.17, 15) is 9.59 Å². The highest BCUT2D eigenvalue weighted by Crippen LogP contribution is 2.33. The third-order valence-electron chi connectivity index (χ3n) is 3.16. The summed E-state index contributed by atoms with van der Waals surface area (Å²) in [5, 5.41) is 2.69. The lowest BCUT2D eigenvalue weighted by molar-refractivity contribution is 0.100. The zero-order chi connectivity index (χ0) is 17.0. The van der Waals surface area contributed by atoms with Crippen molar-refractivity contribution in [3.63, 3.8) is 0 Å². The molecule has 120 valence electrons. The standard InChI is InChI=1S/C16H15IN2O4/c1-22-13-7-10(15(18)20)12(8-14(13)23-2)19-16(21)9-5-3-4-6-11(9)17/h3-8H,1-2H3,(H2,18,20)(H,19,21). The molecule has 0 spiro atoms. The van der Waals surface area contributed by atoms with Gasteiger partial charge in [0.1, 0.15) is 0 Å². The number of hydrogen-bond donors (Lipinski definition) is 2. The molecule has 6 nitrogen and oxygen atoms in total. The lowest BCUT2D eigenvalue weighted by Gasteiger charge is -2.14. The van der Waals surface area contributed by atoms with E-state index in [2.05, 4.69) is 27.9 Å². The second-order valence-corrected chi connectivity index (χ2v) is 5.71. The van der Waals surface area contributed by atoms with Crippen LogP contribution in [0.25, 0.3) is 0 Å². The molecule has 7 heteroatoms. The number of halogens is 1. The normalized spacial score (nSPS) is 10.0. The largest absolute Gasteiger partial charge is 0.493 e. The molecule has 0 radical (unpaired) electrons. The predicted octanol–water partition coefficient (Wildman–Crippen LogP) is 2.66. The molecule has 0 saturated heterocycles. The van der Waals surface area contributed by atoms with Crippen LogP contribution in [0.2, 0.25) is 0 Å². The van der Waals surface area contributed by atoms with Crippen LogP contribution in [0, 0.1) is 3.57 Å². The number of nitrogens with two attached hydrogens (primary N) is 1. The molecule has 0 aromatic heterocycles. The van der Waals surface area contributed by atoms with Gasteiger partial charge in [0, 0.05) is 9.64 Å². The zero-order valence-corrected chi connectivity index (χ0v) is 14.7. The van der Waals surface area contributed by atoms with Gasteiger partial charge in [-0.3, -0.25) is 9.59 Å². The first-order chi connectivity index (χ1) is 11.0. The number of primary amides is 1. The third kappa shape index (κ3) is 3.73. The lowest BCUT2D eigenvalue weighted by Crippen LogP contribution is -2.19. The van der Waals surface area contributed by atoms with E-state index in [4.69, 9.17) is 15.2 Å². The summed E-state index contributed by atoms with van der Waals surface area (Å²) in [6.45, 7) is 0. The molecule has 0 unspecified atom stereocenters. The average molecular weight is 426 g/mol. The van der Waals surface area contributed by atoms with Gasteiger partial charge in [0.2, 0.25) is 0 Å². The third-order valence-corrected chi connectivity index (χ3v) is 4.10. The summed E-state index contributed by atoms with van der Waals surface area (Å²) < 4.78 is 11.1. The van der Waals surface area contributed by atoms with E-state index in [1.54, 1.807) is 12.1 Å². The van der Waals surface area contributed by atoms with Crippen molar-refractivity contribution in [2.75, 3.05) is 19.5 Å². The molecule has 0 aliphatic rings. The van der Waals surface area contributed by atoms with Crippen LogP contribution < -0.4 is 20.5 Å². The number of hydrogen-bond acceptors (Lipinski definition) is 4. The Labute approximate surface area is 147 Å². The van der Waals surface area contributed by atoms with E-state index in [1.807, 2.05) is 12.1 Å². The molecule has 2 rings (SSSR count). The SMILES string of the molecule is COc1cc(NC(=O)c2ccccc2I)c(C(N)=O)cc1OC. The molecule has 23 heavy (non-hydrogen) atoms. The maximum atomic E-state index is 12.4. The van der Waals surface area contributed by atoms with E-state index >= 15 is 0 Å². The number of amides is 2. The highest BCUT2D eigenvalue weighted by Gasteiger charge is 2.18. The van der Waals surface area contributed by atoms with Gasteiger partial charge in [-0.05, 0) is 40.8 Å². The summed E-state index contributed by atoms with van der Waals surface area (Å²) in [6.07, 6.45) is 0. The number of carbonyl (C=O) groups excluding carboxylic acids is 2. The van der Waals surface area contributed by atoms with E-state index < -0.39 is 5.91 Å². The van der Waals surface area contributed by atoms with Gasteiger partial charge >= 0.3 is 0 Å². The molecule has 0 heterocycles. The fourth-order valence-corrected chi connectivity index (χ4v) is 2.65. The second kappa shape index (κ2) is 7.32. The van der Waals surface area contributed by atoms with Gasteiger partial charge < -0.3 is 20.5 Å². The van der Waals surface area contributed by atoms with Crippen LogP contribution in [0.4, 0.5) is 5.69 Å². The van der Waals surface area contributed by atoms with Gasteiger partial charge in [0.25, 0.3) is 11.8 Å². The van der Waals surface area contributed by atoms with Crippen LogP contribution in [0.15, 0.2) is 36.4 Å².